The summed E-state index contributed by atoms with van der Waals surface area (Å²) in [5, 5.41) is 1.55. The SMILES string of the molecule is C[Si](C)(C)c1cccc(Cc2ccccc2)c1. The van der Waals surface area contributed by atoms with Crippen molar-refractivity contribution in [2.75, 3.05) is 0 Å². The van der Waals surface area contributed by atoms with Gasteiger partial charge in [-0.05, 0) is 17.5 Å². The van der Waals surface area contributed by atoms with Crippen LogP contribution < -0.4 is 5.19 Å². The topological polar surface area (TPSA) is 0 Å². The number of hydrogen-bond donors (Lipinski definition) is 0. The molecule has 0 nitrogen and oxygen atoms in total. The predicted molar refractivity (Wildman–Crippen MR) is 78.7 cm³/mol. The van der Waals surface area contributed by atoms with Crippen LogP contribution in [0.2, 0.25) is 19.6 Å². The summed E-state index contributed by atoms with van der Waals surface area (Å²) in [5.74, 6) is 0. The van der Waals surface area contributed by atoms with Crippen LogP contribution in [0.15, 0.2) is 54.6 Å². The van der Waals surface area contributed by atoms with Crippen molar-refractivity contribution in [2.24, 2.45) is 0 Å². The third-order valence-corrected chi connectivity index (χ3v) is 5.09. The largest absolute Gasteiger partial charge is 0.0776 e. The van der Waals surface area contributed by atoms with Gasteiger partial charge < -0.3 is 0 Å². The maximum atomic E-state index is 2.40. The van der Waals surface area contributed by atoms with Crippen molar-refractivity contribution >= 4 is 13.3 Å². The van der Waals surface area contributed by atoms with E-state index in [1.54, 1.807) is 5.19 Å². The van der Waals surface area contributed by atoms with E-state index in [4.69, 9.17) is 0 Å². The van der Waals surface area contributed by atoms with Gasteiger partial charge in [-0.3, -0.25) is 0 Å². The average molecular weight is 240 g/mol. The normalized spacial score (nSPS) is 11.5. The minimum Gasteiger partial charge on any atom is -0.0656 e. The van der Waals surface area contributed by atoms with Gasteiger partial charge >= 0.3 is 0 Å². The van der Waals surface area contributed by atoms with Crippen molar-refractivity contribution in [1.29, 1.82) is 0 Å². The van der Waals surface area contributed by atoms with Gasteiger partial charge in [-0.25, -0.2) is 0 Å². The molecule has 0 aliphatic heterocycles. The molecule has 0 amide bonds. The molecule has 17 heavy (non-hydrogen) atoms. The van der Waals surface area contributed by atoms with Crippen LogP contribution in [-0.2, 0) is 6.42 Å². The van der Waals surface area contributed by atoms with Gasteiger partial charge in [0, 0.05) is 0 Å². The summed E-state index contributed by atoms with van der Waals surface area (Å²) in [6, 6.07) is 19.8. The molecule has 0 atom stereocenters. The predicted octanol–water partition coefficient (Wildman–Crippen LogP) is 3.82. The molecule has 0 heterocycles. The molecule has 0 aliphatic carbocycles. The lowest BCUT2D eigenvalue weighted by atomic mass is 10.1. The highest BCUT2D eigenvalue weighted by Crippen LogP contribution is 2.10. The third-order valence-electron chi connectivity index (χ3n) is 3.04. The lowest BCUT2D eigenvalue weighted by Gasteiger charge is -2.17. The highest BCUT2D eigenvalue weighted by Gasteiger charge is 2.16. The van der Waals surface area contributed by atoms with Gasteiger partial charge in [0.25, 0.3) is 0 Å². The Morgan fingerprint density at radius 3 is 2.06 bits per heavy atom. The second-order valence-corrected chi connectivity index (χ2v) is 10.7. The Labute approximate surface area is 105 Å². The van der Waals surface area contributed by atoms with Crippen molar-refractivity contribution in [2.45, 2.75) is 26.1 Å². The Bertz CT molecular complexity index is 480. The summed E-state index contributed by atoms with van der Waals surface area (Å²) in [6.45, 7) is 7.19. The molecule has 0 aliphatic rings. The van der Waals surface area contributed by atoms with Crippen molar-refractivity contribution in [3.8, 4) is 0 Å². The Balaban J connectivity index is 2.23. The van der Waals surface area contributed by atoms with Gasteiger partial charge in [-0.1, -0.05) is 79.4 Å². The van der Waals surface area contributed by atoms with E-state index >= 15 is 0 Å². The molecule has 0 radical (unpaired) electrons. The molecule has 2 rings (SSSR count). The third kappa shape index (κ3) is 3.30. The first-order valence-corrected chi connectivity index (χ1v) is 9.69. The van der Waals surface area contributed by atoms with Gasteiger partial charge in [-0.15, -0.1) is 0 Å². The van der Waals surface area contributed by atoms with Crippen molar-refractivity contribution in [1.82, 2.24) is 0 Å². The van der Waals surface area contributed by atoms with Crippen LogP contribution in [0.3, 0.4) is 0 Å². The first-order chi connectivity index (χ1) is 8.05. The fraction of sp³-hybridized carbons (Fsp3) is 0.250. The fourth-order valence-corrected chi connectivity index (χ4v) is 3.19. The lowest BCUT2D eigenvalue weighted by Crippen LogP contribution is -2.37. The maximum absolute atomic E-state index is 2.40. The van der Waals surface area contributed by atoms with Crippen LogP contribution in [0, 0.1) is 0 Å². The molecule has 0 bridgehead atoms. The lowest BCUT2D eigenvalue weighted by molar-refractivity contribution is 1.20. The molecule has 0 spiro atoms. The van der Waals surface area contributed by atoms with E-state index in [1.165, 1.54) is 11.1 Å². The molecule has 0 saturated carbocycles. The highest BCUT2D eigenvalue weighted by atomic mass is 28.3. The number of hydrogen-bond acceptors (Lipinski definition) is 0. The molecule has 0 N–H and O–H groups in total. The van der Waals surface area contributed by atoms with Gasteiger partial charge in [0.15, 0.2) is 0 Å². The molecule has 0 aromatic heterocycles. The summed E-state index contributed by atoms with van der Waals surface area (Å²) in [6.07, 6.45) is 1.04. The van der Waals surface area contributed by atoms with Crippen molar-refractivity contribution in [3.63, 3.8) is 0 Å². The van der Waals surface area contributed by atoms with E-state index < -0.39 is 8.07 Å². The van der Waals surface area contributed by atoms with Gasteiger partial charge in [0.1, 0.15) is 0 Å². The van der Waals surface area contributed by atoms with E-state index in [2.05, 4.69) is 74.2 Å². The van der Waals surface area contributed by atoms with Crippen LogP contribution in [-0.4, -0.2) is 8.07 Å². The van der Waals surface area contributed by atoms with Crippen LogP contribution in [0.5, 0.6) is 0 Å². The zero-order chi connectivity index (χ0) is 12.3. The summed E-state index contributed by atoms with van der Waals surface area (Å²) < 4.78 is 0. The monoisotopic (exact) mass is 240 g/mol. The van der Waals surface area contributed by atoms with E-state index in [0.29, 0.717) is 0 Å². The van der Waals surface area contributed by atoms with Crippen LogP contribution in [0.25, 0.3) is 0 Å². The fourth-order valence-electron chi connectivity index (χ4n) is 1.98. The molecule has 0 unspecified atom stereocenters. The van der Waals surface area contributed by atoms with E-state index in [9.17, 15) is 0 Å². The Kier molecular flexibility index (Phi) is 3.48. The first-order valence-electron chi connectivity index (χ1n) is 6.19. The van der Waals surface area contributed by atoms with E-state index in [0.717, 1.165) is 6.42 Å². The number of benzene rings is 2. The second-order valence-electron chi connectivity index (χ2n) is 5.61. The Morgan fingerprint density at radius 2 is 1.41 bits per heavy atom. The molecule has 2 aromatic carbocycles. The van der Waals surface area contributed by atoms with Gasteiger partial charge in [0.2, 0.25) is 0 Å². The summed E-state index contributed by atoms with van der Waals surface area (Å²) in [4.78, 5) is 0. The molecule has 2 aromatic rings. The van der Waals surface area contributed by atoms with Gasteiger partial charge in [-0.2, -0.15) is 0 Å². The molecular weight excluding hydrogens is 220 g/mol. The average Bonchev–Trinajstić information content (AvgIpc) is 2.29. The summed E-state index contributed by atoms with van der Waals surface area (Å²) in [7, 11) is -1.18. The molecule has 88 valence electrons. The Morgan fingerprint density at radius 1 is 0.765 bits per heavy atom. The smallest absolute Gasteiger partial charge is 0.0656 e. The first kappa shape index (κ1) is 12.1. The second kappa shape index (κ2) is 4.88. The molecular formula is C16H20Si. The van der Waals surface area contributed by atoms with Crippen molar-refractivity contribution in [3.05, 3.63) is 65.7 Å². The highest BCUT2D eigenvalue weighted by molar-refractivity contribution is 6.88. The summed E-state index contributed by atoms with van der Waals surface area (Å²) >= 11 is 0. The zero-order valence-corrected chi connectivity index (χ0v) is 11.9. The molecule has 0 fully saturated rings. The zero-order valence-electron chi connectivity index (χ0n) is 10.9. The van der Waals surface area contributed by atoms with Crippen molar-refractivity contribution < 1.29 is 0 Å². The van der Waals surface area contributed by atoms with Crippen LogP contribution in [0.4, 0.5) is 0 Å². The van der Waals surface area contributed by atoms with Crippen LogP contribution >= 0.6 is 0 Å². The van der Waals surface area contributed by atoms with Crippen LogP contribution in [0.1, 0.15) is 11.1 Å². The van der Waals surface area contributed by atoms with Gasteiger partial charge in [0.05, 0.1) is 8.07 Å². The Hall–Kier alpha value is -1.34. The molecule has 0 saturated heterocycles. The standard InChI is InChI=1S/C16H20Si/c1-17(2,3)16-11-7-10-15(13-16)12-14-8-5-4-6-9-14/h4-11,13H,12H2,1-3H3. The van der Waals surface area contributed by atoms with E-state index in [1.807, 2.05) is 0 Å². The number of rotatable bonds is 3. The minimum atomic E-state index is -1.18. The summed E-state index contributed by atoms with van der Waals surface area (Å²) in [5.41, 5.74) is 2.82. The van der Waals surface area contributed by atoms with E-state index in [-0.39, 0.29) is 0 Å². The minimum absolute atomic E-state index is 1.04. The molecule has 1 heteroatoms. The maximum Gasteiger partial charge on any atom is 0.0776 e. The quantitative estimate of drug-likeness (QED) is 0.715.